The van der Waals surface area contributed by atoms with E-state index in [4.69, 9.17) is 0 Å². The summed E-state index contributed by atoms with van der Waals surface area (Å²) >= 11 is 0. The van der Waals surface area contributed by atoms with Gasteiger partial charge in [0.25, 0.3) is 0 Å². The Hall–Kier alpha value is -8.06. The summed E-state index contributed by atoms with van der Waals surface area (Å²) in [5, 5.41) is 5.23. The number of hydrogen-bond acceptors (Lipinski definition) is 0. The highest BCUT2D eigenvalue weighted by Gasteiger charge is 2.38. The van der Waals surface area contributed by atoms with E-state index in [0.29, 0.717) is 0 Å². The monoisotopic (exact) mass is 782 g/mol. The molecule has 0 heterocycles. The molecule has 0 N–H and O–H groups in total. The lowest BCUT2D eigenvalue weighted by molar-refractivity contribution is 1.54. The fourth-order valence-electron chi connectivity index (χ4n) is 11.0. The van der Waals surface area contributed by atoms with E-state index < -0.39 is 0 Å². The van der Waals surface area contributed by atoms with Crippen LogP contribution in [0.1, 0.15) is 0 Å². The molecule has 13 rings (SSSR count). The Morgan fingerprint density at radius 3 is 0.597 bits per heavy atom. The van der Waals surface area contributed by atoms with Gasteiger partial charge in [-0.25, -0.2) is 0 Å². The van der Waals surface area contributed by atoms with Gasteiger partial charge in [-0.05, 0) is 133 Å². The van der Waals surface area contributed by atoms with Gasteiger partial charge in [-0.3, -0.25) is 0 Å². The molecule has 286 valence electrons. The lowest BCUT2D eigenvalue weighted by Crippen LogP contribution is -1.99. The third kappa shape index (κ3) is 4.95. The smallest absolute Gasteiger partial charge is 0.000718 e. The molecule has 0 fully saturated rings. The second-order valence-corrected chi connectivity index (χ2v) is 16.6. The standard InChI is InChI=1S/C62H38/c1-7-21-39(22-8-1)51-45-33-19-20-34-46(45)52(40-23-9-2-10-24-40)60-48-36-38-50-58-49(37-35-47(57(48)58)59(51)60)61-55(43-29-15-5-16-30-43)53(41-25-11-3-12-26-41)54(42-27-13-4-14-28-42)56(62(50)61)44-31-17-6-18-32-44/h1-38H. The fourth-order valence-corrected chi connectivity index (χ4v) is 11.0. The van der Waals surface area contributed by atoms with Gasteiger partial charge >= 0.3 is 0 Å². The highest BCUT2D eigenvalue weighted by atomic mass is 14.4. The van der Waals surface area contributed by atoms with Crippen LogP contribution in [-0.2, 0) is 0 Å². The minimum absolute atomic E-state index is 1.21. The molecule has 0 atom stereocenters. The zero-order valence-electron chi connectivity index (χ0n) is 33.9. The predicted octanol–water partition coefficient (Wildman–Crippen LogP) is 17.3. The maximum atomic E-state index is 2.45. The molecule has 0 heteroatoms. The summed E-state index contributed by atoms with van der Waals surface area (Å²) in [6, 6.07) is 85.3. The third-order valence-corrected chi connectivity index (χ3v) is 13.3. The highest BCUT2D eigenvalue weighted by Crippen LogP contribution is 2.65. The lowest BCUT2D eigenvalue weighted by Gasteiger charge is -2.26. The quantitative estimate of drug-likeness (QED) is 0.158. The number of hydrogen-bond donors (Lipinski definition) is 0. The van der Waals surface area contributed by atoms with Crippen molar-refractivity contribution in [2.45, 2.75) is 0 Å². The summed E-state index contributed by atoms with van der Waals surface area (Å²) in [6.07, 6.45) is 0. The van der Waals surface area contributed by atoms with Crippen LogP contribution in [-0.4, -0.2) is 0 Å². The summed E-state index contributed by atoms with van der Waals surface area (Å²) in [5.74, 6) is 0. The Morgan fingerprint density at radius 2 is 0.339 bits per heavy atom. The second kappa shape index (κ2) is 13.7. The summed E-state index contributed by atoms with van der Waals surface area (Å²) in [4.78, 5) is 0. The molecular weight excluding hydrogens is 745 g/mol. The maximum absolute atomic E-state index is 2.45. The van der Waals surface area contributed by atoms with Crippen LogP contribution < -0.4 is 0 Å². The number of benzene rings is 11. The molecule has 11 aromatic carbocycles. The van der Waals surface area contributed by atoms with Crippen molar-refractivity contribution in [3.05, 3.63) is 231 Å². The van der Waals surface area contributed by atoms with Gasteiger partial charge in [-0.2, -0.15) is 0 Å². The van der Waals surface area contributed by atoms with E-state index in [0.717, 1.165) is 0 Å². The Balaban J connectivity index is 1.24. The number of rotatable bonds is 6. The van der Waals surface area contributed by atoms with E-state index in [2.05, 4.69) is 231 Å². The van der Waals surface area contributed by atoms with Crippen molar-refractivity contribution in [1.82, 2.24) is 0 Å². The predicted molar refractivity (Wildman–Crippen MR) is 263 cm³/mol. The van der Waals surface area contributed by atoms with Gasteiger partial charge in [0, 0.05) is 0 Å². The molecule has 0 aliphatic heterocycles. The molecule has 62 heavy (non-hydrogen) atoms. The summed E-state index contributed by atoms with van der Waals surface area (Å²) < 4.78 is 0. The molecule has 0 unspecified atom stereocenters. The SMILES string of the molecule is c1ccc(-c2c(-c3ccccc3)c(-c3ccccc3)c3c(c2-c2ccccc2)-c2ccc4c5c(ccc-3c25)-c2c-4c(-c3ccccc3)c3ccccc3c2-c2ccccc2)cc1. The first-order valence-electron chi connectivity index (χ1n) is 21.6. The van der Waals surface area contributed by atoms with Crippen molar-refractivity contribution in [2.75, 3.05) is 0 Å². The zero-order valence-corrected chi connectivity index (χ0v) is 33.9. The summed E-state index contributed by atoms with van der Waals surface area (Å²) in [7, 11) is 0. The van der Waals surface area contributed by atoms with E-state index in [1.54, 1.807) is 0 Å². The molecule has 11 aromatic rings. The minimum Gasteiger partial charge on any atom is -0.0622 e. The molecule has 0 spiro atoms. The fraction of sp³-hybridized carbons (Fsp3) is 0. The van der Waals surface area contributed by atoms with Crippen molar-refractivity contribution in [3.63, 3.8) is 0 Å². The van der Waals surface area contributed by atoms with Gasteiger partial charge in [-0.1, -0.05) is 231 Å². The van der Waals surface area contributed by atoms with E-state index in [1.165, 1.54) is 133 Å². The van der Waals surface area contributed by atoms with Crippen LogP contribution in [0.2, 0.25) is 0 Å². The van der Waals surface area contributed by atoms with Crippen molar-refractivity contribution >= 4 is 21.5 Å². The minimum atomic E-state index is 1.21. The van der Waals surface area contributed by atoms with E-state index >= 15 is 0 Å². The van der Waals surface area contributed by atoms with Gasteiger partial charge < -0.3 is 0 Å². The van der Waals surface area contributed by atoms with E-state index in [-0.39, 0.29) is 0 Å². The molecule has 0 amide bonds. The van der Waals surface area contributed by atoms with Crippen LogP contribution in [0.3, 0.4) is 0 Å². The molecule has 0 saturated carbocycles. The Kier molecular flexibility index (Phi) is 7.71. The highest BCUT2D eigenvalue weighted by molar-refractivity contribution is 6.34. The van der Waals surface area contributed by atoms with Gasteiger partial charge in [0.2, 0.25) is 0 Å². The van der Waals surface area contributed by atoms with Gasteiger partial charge in [0.1, 0.15) is 0 Å². The zero-order chi connectivity index (χ0) is 40.7. The first-order chi connectivity index (χ1) is 30.8. The third-order valence-electron chi connectivity index (χ3n) is 13.3. The molecular formula is C62H38. The Bertz CT molecular complexity index is 3320. The van der Waals surface area contributed by atoms with Crippen LogP contribution in [0.15, 0.2) is 231 Å². The van der Waals surface area contributed by atoms with Crippen LogP contribution in [0, 0.1) is 0 Å². The molecule has 0 saturated heterocycles. The average molecular weight is 783 g/mol. The van der Waals surface area contributed by atoms with Crippen molar-refractivity contribution < 1.29 is 0 Å². The first kappa shape index (κ1) is 34.8. The van der Waals surface area contributed by atoms with Crippen molar-refractivity contribution in [1.29, 1.82) is 0 Å². The van der Waals surface area contributed by atoms with Crippen molar-refractivity contribution in [3.8, 4) is 111 Å². The van der Waals surface area contributed by atoms with E-state index in [9.17, 15) is 0 Å². The van der Waals surface area contributed by atoms with Crippen molar-refractivity contribution in [2.24, 2.45) is 0 Å². The molecule has 0 radical (unpaired) electrons. The Labute approximate surface area is 361 Å². The molecule has 2 aliphatic rings. The van der Waals surface area contributed by atoms with Crippen LogP contribution in [0.25, 0.3) is 133 Å². The van der Waals surface area contributed by atoms with Crippen LogP contribution in [0.5, 0.6) is 0 Å². The van der Waals surface area contributed by atoms with Crippen LogP contribution >= 0.6 is 0 Å². The second-order valence-electron chi connectivity index (χ2n) is 16.6. The Morgan fingerprint density at radius 1 is 0.145 bits per heavy atom. The summed E-state index contributed by atoms with van der Waals surface area (Å²) in [5.41, 5.74) is 25.4. The summed E-state index contributed by atoms with van der Waals surface area (Å²) in [6.45, 7) is 0. The van der Waals surface area contributed by atoms with Gasteiger partial charge in [0.05, 0.1) is 0 Å². The topological polar surface area (TPSA) is 0 Å². The normalized spacial score (nSPS) is 11.9. The average Bonchev–Trinajstić information content (AvgIpc) is 3.86. The van der Waals surface area contributed by atoms with Gasteiger partial charge in [0.15, 0.2) is 0 Å². The lowest BCUT2D eigenvalue weighted by atomic mass is 9.76. The molecule has 2 aliphatic carbocycles. The maximum Gasteiger partial charge on any atom is -0.000718 e. The van der Waals surface area contributed by atoms with Gasteiger partial charge in [-0.15, -0.1) is 0 Å². The molecule has 0 aromatic heterocycles. The largest absolute Gasteiger partial charge is 0.0622 e. The molecule has 0 nitrogen and oxygen atoms in total. The van der Waals surface area contributed by atoms with E-state index in [1.807, 2.05) is 0 Å². The number of fused-ring (bicyclic) bond motifs is 7. The molecule has 0 bridgehead atoms. The van der Waals surface area contributed by atoms with Crippen LogP contribution in [0.4, 0.5) is 0 Å². The first-order valence-corrected chi connectivity index (χ1v) is 21.6.